The van der Waals surface area contributed by atoms with Gasteiger partial charge >= 0.3 is 0 Å². The van der Waals surface area contributed by atoms with E-state index >= 15 is 0 Å². The number of halogens is 2. The Morgan fingerprint density at radius 2 is 2.00 bits per heavy atom. The first-order chi connectivity index (χ1) is 10.0. The standard InChI is InChI=1S/C15H20Cl2N2O2/c1-3-18-14-9-21-8-13(14)15(20)19(2)7-10-4-11(16)6-12(17)5-10/h4-6,13-14,18H,3,7-9H2,1-2H3. The van der Waals surface area contributed by atoms with Crippen LogP contribution in [-0.2, 0) is 16.1 Å². The number of carbonyl (C=O) groups excluding carboxylic acids is 1. The van der Waals surface area contributed by atoms with Gasteiger partial charge in [0, 0.05) is 29.7 Å². The van der Waals surface area contributed by atoms with Gasteiger partial charge in [-0.3, -0.25) is 4.79 Å². The van der Waals surface area contributed by atoms with Gasteiger partial charge in [-0.15, -0.1) is 0 Å². The van der Waals surface area contributed by atoms with Crippen molar-refractivity contribution in [1.29, 1.82) is 0 Å². The van der Waals surface area contributed by atoms with Gasteiger partial charge in [0.25, 0.3) is 0 Å². The topological polar surface area (TPSA) is 41.6 Å². The number of benzene rings is 1. The van der Waals surface area contributed by atoms with Crippen molar-refractivity contribution in [3.8, 4) is 0 Å². The average molecular weight is 331 g/mol. The number of rotatable bonds is 5. The van der Waals surface area contributed by atoms with Crippen LogP contribution in [0.1, 0.15) is 12.5 Å². The van der Waals surface area contributed by atoms with Crippen LogP contribution in [0, 0.1) is 5.92 Å². The second kappa shape index (κ2) is 7.45. The van der Waals surface area contributed by atoms with Gasteiger partial charge in [0.2, 0.25) is 5.91 Å². The van der Waals surface area contributed by atoms with E-state index in [1.165, 1.54) is 0 Å². The van der Waals surface area contributed by atoms with E-state index in [9.17, 15) is 4.79 Å². The Labute approximate surface area is 135 Å². The molecule has 116 valence electrons. The predicted molar refractivity (Wildman–Crippen MR) is 84.7 cm³/mol. The van der Waals surface area contributed by atoms with Gasteiger partial charge in [-0.2, -0.15) is 0 Å². The summed E-state index contributed by atoms with van der Waals surface area (Å²) in [6, 6.07) is 5.42. The zero-order valence-electron chi connectivity index (χ0n) is 12.2. The summed E-state index contributed by atoms with van der Waals surface area (Å²) in [7, 11) is 1.79. The number of nitrogens with one attached hydrogen (secondary N) is 1. The molecule has 1 aliphatic heterocycles. The highest BCUT2D eigenvalue weighted by Crippen LogP contribution is 2.21. The molecular weight excluding hydrogens is 311 g/mol. The van der Waals surface area contributed by atoms with Crippen LogP contribution in [0.4, 0.5) is 0 Å². The molecule has 0 radical (unpaired) electrons. The molecule has 21 heavy (non-hydrogen) atoms. The van der Waals surface area contributed by atoms with E-state index in [2.05, 4.69) is 5.32 Å². The van der Waals surface area contributed by atoms with Crippen LogP contribution in [0.3, 0.4) is 0 Å². The Morgan fingerprint density at radius 1 is 1.33 bits per heavy atom. The van der Waals surface area contributed by atoms with Crippen molar-refractivity contribution in [2.75, 3.05) is 26.8 Å². The first kappa shape index (κ1) is 16.6. The molecule has 1 amide bonds. The van der Waals surface area contributed by atoms with Crippen molar-refractivity contribution in [1.82, 2.24) is 10.2 Å². The Hall–Kier alpha value is -0.810. The minimum absolute atomic E-state index is 0.0783. The van der Waals surface area contributed by atoms with Gasteiger partial charge in [-0.1, -0.05) is 30.1 Å². The highest BCUT2D eigenvalue weighted by molar-refractivity contribution is 6.34. The summed E-state index contributed by atoms with van der Waals surface area (Å²) in [6.45, 7) is 4.38. The van der Waals surface area contributed by atoms with Crippen LogP contribution in [-0.4, -0.2) is 43.7 Å². The second-order valence-corrected chi connectivity index (χ2v) is 6.15. The third-order valence-corrected chi connectivity index (χ3v) is 4.02. The molecule has 0 saturated carbocycles. The van der Waals surface area contributed by atoms with Crippen molar-refractivity contribution in [3.63, 3.8) is 0 Å². The summed E-state index contributed by atoms with van der Waals surface area (Å²) in [5, 5.41) is 4.45. The number of hydrogen-bond acceptors (Lipinski definition) is 3. The molecule has 1 fully saturated rings. The lowest BCUT2D eigenvalue weighted by Gasteiger charge is -2.24. The molecule has 4 nitrogen and oxygen atoms in total. The first-order valence-electron chi connectivity index (χ1n) is 7.02. The molecule has 0 aromatic heterocycles. The zero-order valence-corrected chi connectivity index (χ0v) is 13.7. The van der Waals surface area contributed by atoms with Gasteiger partial charge in [0.15, 0.2) is 0 Å². The van der Waals surface area contributed by atoms with Crippen molar-refractivity contribution in [2.45, 2.75) is 19.5 Å². The van der Waals surface area contributed by atoms with Gasteiger partial charge in [-0.05, 0) is 30.3 Å². The highest BCUT2D eigenvalue weighted by atomic mass is 35.5. The van der Waals surface area contributed by atoms with Gasteiger partial charge in [0.1, 0.15) is 0 Å². The maximum atomic E-state index is 12.5. The summed E-state index contributed by atoms with van der Waals surface area (Å²) in [6.07, 6.45) is 0. The van der Waals surface area contributed by atoms with E-state index in [4.69, 9.17) is 27.9 Å². The molecule has 0 bridgehead atoms. The number of nitrogens with zero attached hydrogens (tertiary/aromatic N) is 1. The SMILES string of the molecule is CCNC1COCC1C(=O)N(C)Cc1cc(Cl)cc(Cl)c1. The lowest BCUT2D eigenvalue weighted by molar-refractivity contribution is -0.135. The van der Waals surface area contributed by atoms with Crippen molar-refractivity contribution in [2.24, 2.45) is 5.92 Å². The highest BCUT2D eigenvalue weighted by Gasteiger charge is 2.35. The average Bonchev–Trinajstić information content (AvgIpc) is 2.85. The fourth-order valence-corrected chi connectivity index (χ4v) is 3.17. The molecule has 0 spiro atoms. The quantitative estimate of drug-likeness (QED) is 0.902. The maximum Gasteiger partial charge on any atom is 0.229 e. The molecule has 6 heteroatoms. The third-order valence-electron chi connectivity index (χ3n) is 3.58. The number of hydrogen-bond donors (Lipinski definition) is 1. The van der Waals surface area contributed by atoms with Crippen LogP contribution < -0.4 is 5.32 Å². The molecule has 1 aromatic rings. The molecule has 1 saturated heterocycles. The molecule has 1 aliphatic rings. The van der Waals surface area contributed by atoms with Crippen LogP contribution in [0.25, 0.3) is 0 Å². The van der Waals surface area contributed by atoms with E-state index in [0.717, 1.165) is 12.1 Å². The minimum Gasteiger partial charge on any atom is -0.379 e. The summed E-state index contributed by atoms with van der Waals surface area (Å²) in [5.41, 5.74) is 0.919. The van der Waals surface area contributed by atoms with E-state index in [1.54, 1.807) is 18.0 Å². The summed E-state index contributed by atoms with van der Waals surface area (Å²) < 4.78 is 5.43. The number of ether oxygens (including phenoxy) is 1. The number of likely N-dealkylation sites (N-methyl/N-ethyl adjacent to an activating group) is 1. The first-order valence-corrected chi connectivity index (χ1v) is 7.78. The van der Waals surface area contributed by atoms with E-state index in [1.807, 2.05) is 19.1 Å². The van der Waals surface area contributed by atoms with Crippen molar-refractivity contribution < 1.29 is 9.53 Å². The predicted octanol–water partition coefficient (Wildman–Crippen LogP) is 2.58. The normalized spacial score (nSPS) is 21.5. The van der Waals surface area contributed by atoms with Crippen LogP contribution in [0.15, 0.2) is 18.2 Å². The van der Waals surface area contributed by atoms with E-state index < -0.39 is 0 Å². The molecule has 1 heterocycles. The monoisotopic (exact) mass is 330 g/mol. The molecule has 2 rings (SSSR count). The van der Waals surface area contributed by atoms with Gasteiger partial charge in [-0.25, -0.2) is 0 Å². The maximum absolute atomic E-state index is 12.5. The third kappa shape index (κ3) is 4.33. The largest absolute Gasteiger partial charge is 0.379 e. The van der Waals surface area contributed by atoms with Crippen LogP contribution >= 0.6 is 23.2 Å². The van der Waals surface area contributed by atoms with Crippen molar-refractivity contribution >= 4 is 29.1 Å². The van der Waals surface area contributed by atoms with Gasteiger partial charge < -0.3 is 15.0 Å². The van der Waals surface area contributed by atoms with E-state index in [0.29, 0.717) is 29.8 Å². The lowest BCUT2D eigenvalue weighted by atomic mass is 10.0. The van der Waals surface area contributed by atoms with E-state index in [-0.39, 0.29) is 17.9 Å². The minimum atomic E-state index is -0.135. The Morgan fingerprint density at radius 3 is 2.62 bits per heavy atom. The van der Waals surface area contributed by atoms with Gasteiger partial charge in [0.05, 0.1) is 19.1 Å². The second-order valence-electron chi connectivity index (χ2n) is 5.28. The molecule has 1 N–H and O–H groups in total. The summed E-state index contributed by atoms with van der Waals surface area (Å²) in [4.78, 5) is 14.2. The fourth-order valence-electron chi connectivity index (χ4n) is 2.60. The molecule has 0 aliphatic carbocycles. The van der Waals surface area contributed by atoms with Crippen LogP contribution in [0.2, 0.25) is 10.0 Å². The number of carbonyl (C=O) groups is 1. The summed E-state index contributed by atoms with van der Waals surface area (Å²) in [5.74, 6) is -0.0563. The lowest BCUT2D eigenvalue weighted by Crippen LogP contribution is -2.44. The fraction of sp³-hybridized carbons (Fsp3) is 0.533. The smallest absolute Gasteiger partial charge is 0.229 e. The molecular formula is C15H20Cl2N2O2. The Balaban J connectivity index is 2.02. The molecule has 2 unspecified atom stereocenters. The molecule has 2 atom stereocenters. The van der Waals surface area contributed by atoms with Crippen molar-refractivity contribution in [3.05, 3.63) is 33.8 Å². The summed E-state index contributed by atoms with van der Waals surface area (Å²) >= 11 is 12.0. The number of amides is 1. The van der Waals surface area contributed by atoms with Crippen LogP contribution in [0.5, 0.6) is 0 Å². The Bertz CT molecular complexity index is 490. The zero-order chi connectivity index (χ0) is 15.4. The Kier molecular flexibility index (Phi) is 5.88. The molecule has 1 aromatic carbocycles.